The van der Waals surface area contributed by atoms with Crippen LogP contribution in [0.3, 0.4) is 0 Å². The van der Waals surface area contributed by atoms with Gasteiger partial charge >= 0.3 is 32.7 Å². The first kappa shape index (κ1) is 16.6. The Morgan fingerprint density at radius 3 is 2.47 bits per heavy atom. The molecule has 1 fully saturated rings. The van der Waals surface area contributed by atoms with E-state index in [-0.39, 0.29) is 38.6 Å². The zero-order valence-corrected chi connectivity index (χ0v) is 14.4. The van der Waals surface area contributed by atoms with Gasteiger partial charge in [-0.2, -0.15) is 23.8 Å². The molecule has 1 aromatic rings. The molecule has 1 aromatic carbocycles. The third-order valence-corrected chi connectivity index (χ3v) is 3.34. The number of hydrogen-bond donors (Lipinski definition) is 1. The fourth-order valence-corrected chi connectivity index (χ4v) is 2.37. The maximum absolute atomic E-state index is 11.4. The summed E-state index contributed by atoms with van der Waals surface area (Å²) in [5, 5.41) is 8.83. The molecule has 0 unspecified atom stereocenters. The standard InChI is InChI=1S/C14H19N2O2.Y/c1-11-3-4-13(12(2)9-11)15-5-7-16(8-6-15)14(18)10-17;/h3,9,17H,5-8,10H2,1-2H3;/q-1;+3. The predicted octanol–water partition coefficient (Wildman–Crippen LogP) is 0.742. The predicted molar refractivity (Wildman–Crippen MR) is 70.6 cm³/mol. The van der Waals surface area contributed by atoms with Crippen LogP contribution in [0.4, 0.5) is 5.69 Å². The largest absolute Gasteiger partial charge is 3.00 e. The van der Waals surface area contributed by atoms with E-state index in [1.54, 1.807) is 4.90 Å². The molecular formula is C14H19N2O2Y+2. The number of aliphatic hydroxyl groups excluding tert-OH is 1. The Balaban J connectivity index is 0.00000180. The van der Waals surface area contributed by atoms with Crippen LogP contribution in [-0.4, -0.2) is 48.7 Å². The van der Waals surface area contributed by atoms with Crippen molar-refractivity contribution < 1.29 is 42.6 Å². The van der Waals surface area contributed by atoms with Crippen molar-refractivity contribution in [1.29, 1.82) is 0 Å². The number of anilines is 1. The number of rotatable bonds is 2. The number of hydrogen-bond acceptors (Lipinski definition) is 3. The molecule has 0 atom stereocenters. The normalized spacial score (nSPS) is 15.1. The first-order valence-corrected chi connectivity index (χ1v) is 6.24. The summed E-state index contributed by atoms with van der Waals surface area (Å²) in [6.07, 6.45) is 0. The summed E-state index contributed by atoms with van der Waals surface area (Å²) in [6, 6.07) is 7.45. The minimum absolute atomic E-state index is 0. The number of aryl methyl sites for hydroxylation is 2. The molecular weight excluding hydrogens is 317 g/mol. The van der Waals surface area contributed by atoms with Crippen LogP contribution < -0.4 is 4.90 Å². The molecule has 1 saturated heterocycles. The van der Waals surface area contributed by atoms with E-state index in [0.29, 0.717) is 13.1 Å². The van der Waals surface area contributed by atoms with Crippen molar-refractivity contribution in [3.8, 4) is 0 Å². The molecule has 1 amide bonds. The zero-order valence-electron chi connectivity index (χ0n) is 11.5. The number of carbonyl (C=O) groups is 1. The van der Waals surface area contributed by atoms with Crippen molar-refractivity contribution in [3.63, 3.8) is 0 Å². The van der Waals surface area contributed by atoms with E-state index in [9.17, 15) is 4.79 Å². The van der Waals surface area contributed by atoms with Gasteiger partial charge in [0.1, 0.15) is 6.61 Å². The SMILES string of the molecule is Cc1c[c-]c(N2CCN(C(=O)CO)CC2)c(C)c1.[Y+3]. The van der Waals surface area contributed by atoms with Gasteiger partial charge in [0, 0.05) is 26.2 Å². The van der Waals surface area contributed by atoms with Gasteiger partial charge in [0.2, 0.25) is 5.91 Å². The summed E-state index contributed by atoms with van der Waals surface area (Å²) in [7, 11) is 0. The minimum atomic E-state index is -0.393. The molecule has 19 heavy (non-hydrogen) atoms. The minimum Gasteiger partial charge on any atom is -0.390 e. The average Bonchev–Trinajstić information content (AvgIpc) is 2.38. The summed E-state index contributed by atoms with van der Waals surface area (Å²) in [6.45, 7) is 6.68. The van der Waals surface area contributed by atoms with Gasteiger partial charge in [-0.25, -0.2) is 0 Å². The molecule has 0 bridgehead atoms. The number of aliphatic hydroxyl groups is 1. The molecule has 0 aliphatic carbocycles. The first-order chi connectivity index (χ1) is 8.61. The summed E-state index contributed by atoms with van der Waals surface area (Å²) in [5.41, 5.74) is 3.55. The van der Waals surface area contributed by atoms with Crippen molar-refractivity contribution in [2.75, 3.05) is 37.7 Å². The van der Waals surface area contributed by atoms with E-state index in [2.05, 4.69) is 30.9 Å². The quantitative estimate of drug-likeness (QED) is 0.811. The van der Waals surface area contributed by atoms with E-state index in [1.165, 1.54) is 11.1 Å². The number of piperazine rings is 1. The van der Waals surface area contributed by atoms with Crippen LogP contribution in [0.25, 0.3) is 0 Å². The Hall–Kier alpha value is -0.446. The molecule has 0 aromatic heterocycles. The van der Waals surface area contributed by atoms with Crippen molar-refractivity contribution in [1.82, 2.24) is 4.90 Å². The van der Waals surface area contributed by atoms with E-state index >= 15 is 0 Å². The average molecular weight is 336 g/mol. The molecule has 1 aliphatic rings. The van der Waals surface area contributed by atoms with Crippen LogP contribution in [0, 0.1) is 19.9 Å². The molecule has 98 valence electrons. The number of amides is 1. The zero-order chi connectivity index (χ0) is 13.1. The molecule has 0 spiro atoms. The monoisotopic (exact) mass is 336 g/mol. The number of carbonyl (C=O) groups excluding carboxylic acids is 1. The maximum atomic E-state index is 11.4. The van der Waals surface area contributed by atoms with Gasteiger partial charge < -0.3 is 14.9 Å². The molecule has 0 radical (unpaired) electrons. The van der Waals surface area contributed by atoms with Crippen molar-refractivity contribution in [2.24, 2.45) is 0 Å². The molecule has 4 nitrogen and oxygen atoms in total. The fraction of sp³-hybridized carbons (Fsp3) is 0.500. The van der Waals surface area contributed by atoms with Crippen LogP contribution in [-0.2, 0) is 37.5 Å². The number of nitrogens with zero attached hydrogens (tertiary/aromatic N) is 2. The molecule has 1 heterocycles. The van der Waals surface area contributed by atoms with E-state index < -0.39 is 6.61 Å². The van der Waals surface area contributed by atoms with Crippen LogP contribution in [0.1, 0.15) is 11.1 Å². The second kappa shape index (κ2) is 7.37. The third kappa shape index (κ3) is 4.01. The topological polar surface area (TPSA) is 43.8 Å². The maximum Gasteiger partial charge on any atom is 3.00 e. The Kier molecular flexibility index (Phi) is 6.44. The van der Waals surface area contributed by atoms with Crippen molar-refractivity contribution >= 4 is 11.6 Å². The van der Waals surface area contributed by atoms with Crippen LogP contribution in [0.2, 0.25) is 0 Å². The van der Waals surface area contributed by atoms with Gasteiger partial charge in [-0.15, -0.1) is 5.56 Å². The summed E-state index contributed by atoms with van der Waals surface area (Å²) >= 11 is 0. The number of benzene rings is 1. The summed E-state index contributed by atoms with van der Waals surface area (Å²) in [5.74, 6) is -0.181. The molecule has 2 rings (SSSR count). The molecule has 1 aliphatic heterocycles. The third-order valence-electron chi connectivity index (χ3n) is 3.34. The van der Waals surface area contributed by atoms with E-state index in [4.69, 9.17) is 5.11 Å². The smallest absolute Gasteiger partial charge is 0.390 e. The summed E-state index contributed by atoms with van der Waals surface area (Å²) < 4.78 is 0. The second-order valence-electron chi connectivity index (χ2n) is 4.73. The van der Waals surface area contributed by atoms with E-state index in [0.717, 1.165) is 18.8 Å². The Morgan fingerprint density at radius 2 is 1.95 bits per heavy atom. The van der Waals surface area contributed by atoms with E-state index in [1.807, 2.05) is 6.07 Å². The van der Waals surface area contributed by atoms with Gasteiger partial charge in [-0.3, -0.25) is 4.79 Å². The summed E-state index contributed by atoms with van der Waals surface area (Å²) in [4.78, 5) is 15.3. The molecule has 1 N–H and O–H groups in total. The van der Waals surface area contributed by atoms with Gasteiger partial charge in [0.05, 0.1) is 0 Å². The van der Waals surface area contributed by atoms with Gasteiger partial charge in [-0.05, 0) is 0 Å². The van der Waals surface area contributed by atoms with Crippen LogP contribution in [0.5, 0.6) is 0 Å². The van der Waals surface area contributed by atoms with Crippen molar-refractivity contribution in [2.45, 2.75) is 13.8 Å². The first-order valence-electron chi connectivity index (χ1n) is 6.24. The van der Waals surface area contributed by atoms with Gasteiger partial charge in [-0.1, -0.05) is 19.5 Å². The molecule has 0 saturated carbocycles. The molecule has 5 heteroatoms. The Labute approximate surface area is 139 Å². The second-order valence-corrected chi connectivity index (χ2v) is 4.73. The van der Waals surface area contributed by atoms with Crippen molar-refractivity contribution in [3.05, 3.63) is 29.3 Å². The van der Waals surface area contributed by atoms with Crippen LogP contribution >= 0.6 is 0 Å². The Morgan fingerprint density at radius 1 is 1.32 bits per heavy atom. The van der Waals surface area contributed by atoms with Gasteiger partial charge in [0.15, 0.2) is 0 Å². The van der Waals surface area contributed by atoms with Gasteiger partial charge in [0.25, 0.3) is 0 Å². The fourth-order valence-electron chi connectivity index (χ4n) is 2.37. The Bertz CT molecular complexity index is 443. The van der Waals surface area contributed by atoms with Crippen LogP contribution in [0.15, 0.2) is 12.1 Å².